The Morgan fingerprint density at radius 3 is 2.71 bits per heavy atom. The molecule has 0 bridgehead atoms. The molecule has 5 rings (SSSR count). The number of rotatable bonds is 7. The Morgan fingerprint density at radius 1 is 1.29 bits per heavy atom. The SMILES string of the molecule is COC1C(C(=O)N(c2cc(Br)cc(C#N)c2)[C@H]2CCC[C@@H]2O)OC(CO)C(O)C1n1cc(-c2cc(F)cc(Cl)c2)nn1. The molecule has 2 aromatic carbocycles. The largest absolute Gasteiger partial charge is 0.394 e. The summed E-state index contributed by atoms with van der Waals surface area (Å²) in [6.07, 6.45) is -2.79. The molecule has 2 aliphatic rings. The van der Waals surface area contributed by atoms with Crippen LogP contribution >= 0.6 is 27.5 Å². The highest BCUT2D eigenvalue weighted by Crippen LogP contribution is 2.37. The number of aliphatic hydroxyl groups is 3. The second-order valence-electron chi connectivity index (χ2n) is 10.3. The molecule has 3 aromatic rings. The summed E-state index contributed by atoms with van der Waals surface area (Å²) in [5.74, 6) is -1.16. The van der Waals surface area contributed by atoms with Crippen molar-refractivity contribution in [3.63, 3.8) is 0 Å². The predicted octanol–water partition coefficient (Wildman–Crippen LogP) is 3.00. The van der Waals surface area contributed by atoms with Crippen molar-refractivity contribution in [3.05, 3.63) is 63.5 Å². The van der Waals surface area contributed by atoms with Crippen LogP contribution in [-0.4, -0.2) is 86.5 Å². The van der Waals surface area contributed by atoms with Crippen molar-refractivity contribution < 1.29 is 34.0 Å². The van der Waals surface area contributed by atoms with Crippen LogP contribution in [0.15, 0.2) is 47.1 Å². The molecule has 2 fully saturated rings. The fourth-order valence-corrected chi connectivity index (χ4v) is 6.44. The van der Waals surface area contributed by atoms with Crippen LogP contribution in [0.3, 0.4) is 0 Å². The molecule has 1 saturated carbocycles. The lowest BCUT2D eigenvalue weighted by Gasteiger charge is -2.45. The molecule has 5 unspecified atom stereocenters. The molecule has 3 N–H and O–H groups in total. The maximum Gasteiger partial charge on any atom is 0.259 e. The lowest BCUT2D eigenvalue weighted by atomic mass is 9.91. The molecular weight excluding hydrogens is 637 g/mol. The van der Waals surface area contributed by atoms with E-state index in [-0.39, 0.29) is 10.7 Å². The van der Waals surface area contributed by atoms with E-state index in [4.69, 9.17) is 21.1 Å². The molecule has 1 amide bonds. The highest BCUT2D eigenvalue weighted by molar-refractivity contribution is 9.10. The van der Waals surface area contributed by atoms with E-state index in [0.717, 1.165) is 6.07 Å². The van der Waals surface area contributed by atoms with Crippen LogP contribution in [0.25, 0.3) is 11.3 Å². The van der Waals surface area contributed by atoms with Gasteiger partial charge < -0.3 is 29.7 Å². The summed E-state index contributed by atoms with van der Waals surface area (Å²) in [5, 5.41) is 50.1. The third-order valence-corrected chi connectivity index (χ3v) is 8.34. The van der Waals surface area contributed by atoms with Gasteiger partial charge in [-0.15, -0.1) is 5.10 Å². The number of benzene rings is 2. The third-order valence-electron chi connectivity index (χ3n) is 7.66. The minimum absolute atomic E-state index is 0.160. The number of amides is 1. The number of methoxy groups -OCH3 is 1. The Labute approximate surface area is 254 Å². The topological polar surface area (TPSA) is 154 Å². The van der Waals surface area contributed by atoms with Crippen molar-refractivity contribution in [1.29, 1.82) is 5.26 Å². The molecule has 1 aromatic heterocycles. The first kappa shape index (κ1) is 30.5. The van der Waals surface area contributed by atoms with Crippen molar-refractivity contribution >= 4 is 39.1 Å². The number of nitriles is 1. The van der Waals surface area contributed by atoms with E-state index in [1.807, 2.05) is 0 Å². The summed E-state index contributed by atoms with van der Waals surface area (Å²) in [7, 11) is 1.35. The lowest BCUT2D eigenvalue weighted by Crippen LogP contribution is -2.62. The normalized spacial score (nSPS) is 27.5. The van der Waals surface area contributed by atoms with E-state index in [1.54, 1.807) is 18.2 Å². The monoisotopic (exact) mass is 663 g/mol. The van der Waals surface area contributed by atoms with Crippen molar-refractivity contribution in [3.8, 4) is 17.3 Å². The van der Waals surface area contributed by atoms with Crippen LogP contribution in [0.2, 0.25) is 5.02 Å². The first-order valence-corrected chi connectivity index (χ1v) is 14.4. The number of carbonyl (C=O) groups is 1. The smallest absolute Gasteiger partial charge is 0.259 e. The number of aromatic nitrogens is 3. The molecule has 42 heavy (non-hydrogen) atoms. The van der Waals surface area contributed by atoms with Crippen molar-refractivity contribution in [2.75, 3.05) is 18.6 Å². The van der Waals surface area contributed by atoms with E-state index in [0.29, 0.717) is 40.5 Å². The van der Waals surface area contributed by atoms with E-state index >= 15 is 0 Å². The van der Waals surface area contributed by atoms with Crippen molar-refractivity contribution in [1.82, 2.24) is 15.0 Å². The number of carbonyl (C=O) groups excluding carboxylic acids is 1. The fourth-order valence-electron chi connectivity index (χ4n) is 5.73. The molecule has 2 heterocycles. The highest BCUT2D eigenvalue weighted by atomic mass is 79.9. The maximum atomic E-state index is 14.4. The molecule has 14 heteroatoms. The van der Waals surface area contributed by atoms with Crippen molar-refractivity contribution in [2.24, 2.45) is 0 Å². The molecule has 11 nitrogen and oxygen atoms in total. The number of nitrogens with zero attached hydrogens (tertiary/aromatic N) is 5. The Bertz CT molecular complexity index is 1480. The van der Waals surface area contributed by atoms with Gasteiger partial charge in [-0.1, -0.05) is 32.7 Å². The van der Waals surface area contributed by atoms with Crippen LogP contribution in [0.5, 0.6) is 0 Å². The van der Waals surface area contributed by atoms with Gasteiger partial charge in [0.2, 0.25) is 0 Å². The van der Waals surface area contributed by atoms with Gasteiger partial charge in [-0.2, -0.15) is 5.26 Å². The van der Waals surface area contributed by atoms with Crippen LogP contribution in [0.1, 0.15) is 30.9 Å². The van der Waals surface area contributed by atoms with Gasteiger partial charge in [-0.25, -0.2) is 9.07 Å². The Morgan fingerprint density at radius 2 is 2.07 bits per heavy atom. The van der Waals surface area contributed by atoms with Gasteiger partial charge in [0.15, 0.2) is 6.10 Å². The molecule has 0 radical (unpaired) electrons. The standard InChI is InChI=1S/C28H28BrClFN5O6/c1-41-26-24(35-12-20(33-34-35)15-7-17(30)10-18(31)8-15)25(39)23(13-37)42-27(26)28(40)36(21-3-2-4-22(21)38)19-6-14(11-32)5-16(29)9-19/h5-10,12,21-27,37-39H,2-4,13H2,1H3/t21-,22-,23?,24?,25?,26?,27?/m0/s1. The maximum absolute atomic E-state index is 14.4. The molecular formula is C28H28BrClFN5O6. The fraction of sp³-hybridized carbons (Fsp3) is 0.429. The number of halogens is 3. The van der Waals surface area contributed by atoms with Gasteiger partial charge in [-0.05, 0) is 55.7 Å². The second kappa shape index (κ2) is 12.7. The average Bonchev–Trinajstić information content (AvgIpc) is 3.61. The summed E-state index contributed by atoms with van der Waals surface area (Å²) in [5.41, 5.74) is 1.26. The van der Waals surface area contributed by atoms with Gasteiger partial charge in [0, 0.05) is 27.9 Å². The van der Waals surface area contributed by atoms with E-state index in [9.17, 15) is 29.8 Å². The van der Waals surface area contributed by atoms with E-state index in [1.165, 1.54) is 35.0 Å². The Balaban J connectivity index is 1.55. The zero-order valence-corrected chi connectivity index (χ0v) is 24.7. The second-order valence-corrected chi connectivity index (χ2v) is 11.6. The summed E-state index contributed by atoms with van der Waals surface area (Å²) >= 11 is 9.40. The highest BCUT2D eigenvalue weighted by Gasteiger charge is 2.52. The van der Waals surface area contributed by atoms with E-state index in [2.05, 4.69) is 32.3 Å². The number of hydrogen-bond donors (Lipinski definition) is 3. The predicted molar refractivity (Wildman–Crippen MR) is 152 cm³/mol. The molecule has 222 valence electrons. The lowest BCUT2D eigenvalue weighted by molar-refractivity contribution is -0.211. The minimum Gasteiger partial charge on any atom is -0.394 e. The number of hydrogen-bond acceptors (Lipinski definition) is 9. The van der Waals surface area contributed by atoms with Gasteiger partial charge in [0.1, 0.15) is 35.9 Å². The average molecular weight is 665 g/mol. The molecule has 1 aliphatic carbocycles. The van der Waals surface area contributed by atoms with Gasteiger partial charge in [0.25, 0.3) is 5.91 Å². The van der Waals surface area contributed by atoms with Crippen LogP contribution < -0.4 is 4.90 Å². The molecule has 0 spiro atoms. The molecule has 1 aliphatic heterocycles. The Kier molecular flexibility index (Phi) is 9.24. The van der Waals surface area contributed by atoms with Crippen LogP contribution in [0.4, 0.5) is 10.1 Å². The van der Waals surface area contributed by atoms with Gasteiger partial charge in [-0.3, -0.25) is 4.79 Å². The van der Waals surface area contributed by atoms with Gasteiger partial charge in [0.05, 0.1) is 36.6 Å². The zero-order chi connectivity index (χ0) is 30.1. The van der Waals surface area contributed by atoms with Gasteiger partial charge >= 0.3 is 0 Å². The minimum atomic E-state index is -1.38. The summed E-state index contributed by atoms with van der Waals surface area (Å²) in [6, 6.07) is 9.10. The first-order valence-electron chi connectivity index (χ1n) is 13.2. The number of aliphatic hydroxyl groups excluding tert-OH is 3. The summed E-state index contributed by atoms with van der Waals surface area (Å²) in [4.78, 5) is 15.8. The molecule has 7 atom stereocenters. The number of anilines is 1. The van der Waals surface area contributed by atoms with Crippen molar-refractivity contribution in [2.45, 2.75) is 61.9 Å². The summed E-state index contributed by atoms with van der Waals surface area (Å²) < 4.78 is 27.6. The summed E-state index contributed by atoms with van der Waals surface area (Å²) in [6.45, 7) is -0.625. The molecule has 1 saturated heterocycles. The van der Waals surface area contributed by atoms with E-state index < -0.39 is 60.9 Å². The number of ether oxygens (including phenoxy) is 2. The quantitative estimate of drug-likeness (QED) is 0.346. The van der Waals surface area contributed by atoms with Crippen LogP contribution in [0, 0.1) is 17.1 Å². The first-order chi connectivity index (χ1) is 20.1. The Hall–Kier alpha value is -2.96. The zero-order valence-electron chi connectivity index (χ0n) is 22.3. The third kappa shape index (κ3) is 5.93. The van der Waals surface area contributed by atoms with Crippen LogP contribution in [-0.2, 0) is 14.3 Å².